The lowest BCUT2D eigenvalue weighted by atomic mass is 9.82. The Hall–Kier alpha value is -0.873. The van der Waals surface area contributed by atoms with Crippen LogP contribution < -0.4 is 5.32 Å². The molecule has 1 aliphatic heterocycles. The fourth-order valence-corrected chi connectivity index (χ4v) is 3.47. The standard InChI is InChI=1S/C15H27NO2Si/c1-9-10(2)13-12(14(17)16-13)11(3)18-19(7,8)15(4,5)6/h9,11-13H,1-2H2,3-8H3,(H,16,17)/t11-,12+,13+/m0/s1. The molecular formula is C15H27NO2Si. The van der Waals surface area contributed by atoms with Crippen LogP contribution in [0.3, 0.4) is 0 Å². The van der Waals surface area contributed by atoms with Gasteiger partial charge in [-0.05, 0) is 30.6 Å². The van der Waals surface area contributed by atoms with Crippen molar-refractivity contribution in [2.24, 2.45) is 5.92 Å². The van der Waals surface area contributed by atoms with Crippen molar-refractivity contribution in [3.05, 3.63) is 24.8 Å². The Kier molecular flexibility index (Phi) is 4.47. The van der Waals surface area contributed by atoms with Gasteiger partial charge in [-0.3, -0.25) is 4.79 Å². The maximum atomic E-state index is 11.8. The van der Waals surface area contributed by atoms with Gasteiger partial charge in [-0.1, -0.05) is 40.0 Å². The van der Waals surface area contributed by atoms with Gasteiger partial charge in [-0.25, -0.2) is 0 Å². The average molecular weight is 281 g/mol. The fourth-order valence-electron chi connectivity index (χ4n) is 2.04. The number of hydrogen-bond acceptors (Lipinski definition) is 2. The highest BCUT2D eigenvalue weighted by Crippen LogP contribution is 2.39. The second-order valence-corrected chi connectivity index (χ2v) is 11.6. The highest BCUT2D eigenvalue weighted by atomic mass is 28.4. The van der Waals surface area contributed by atoms with Gasteiger partial charge in [0.15, 0.2) is 8.32 Å². The van der Waals surface area contributed by atoms with Crippen molar-refractivity contribution in [1.29, 1.82) is 0 Å². The monoisotopic (exact) mass is 281 g/mol. The number of rotatable bonds is 5. The van der Waals surface area contributed by atoms with Crippen molar-refractivity contribution in [1.82, 2.24) is 5.32 Å². The van der Waals surface area contributed by atoms with Gasteiger partial charge in [-0.15, -0.1) is 0 Å². The van der Waals surface area contributed by atoms with Gasteiger partial charge in [-0.2, -0.15) is 0 Å². The van der Waals surface area contributed by atoms with Crippen LogP contribution in [-0.2, 0) is 9.22 Å². The van der Waals surface area contributed by atoms with Crippen molar-refractivity contribution in [3.63, 3.8) is 0 Å². The highest BCUT2D eigenvalue weighted by molar-refractivity contribution is 6.74. The number of β-lactam (4-membered cyclic amide) rings is 1. The summed E-state index contributed by atoms with van der Waals surface area (Å²) in [5, 5.41) is 3.02. The number of amides is 1. The molecule has 0 unspecified atom stereocenters. The lowest BCUT2D eigenvalue weighted by Crippen LogP contribution is -2.64. The lowest BCUT2D eigenvalue weighted by Gasteiger charge is -2.45. The molecule has 3 nitrogen and oxygen atoms in total. The molecule has 1 saturated heterocycles. The molecule has 0 saturated carbocycles. The molecule has 1 fully saturated rings. The first kappa shape index (κ1) is 16.2. The quantitative estimate of drug-likeness (QED) is 0.477. The van der Waals surface area contributed by atoms with Gasteiger partial charge < -0.3 is 9.74 Å². The summed E-state index contributed by atoms with van der Waals surface area (Å²) in [6.07, 6.45) is 1.62. The van der Waals surface area contributed by atoms with Crippen LogP contribution in [0.5, 0.6) is 0 Å². The largest absolute Gasteiger partial charge is 0.413 e. The minimum absolute atomic E-state index is 0.0234. The molecule has 1 rings (SSSR count). The van der Waals surface area contributed by atoms with Crippen LogP contribution in [0.15, 0.2) is 24.8 Å². The van der Waals surface area contributed by atoms with E-state index < -0.39 is 8.32 Å². The second-order valence-electron chi connectivity index (χ2n) is 6.87. The van der Waals surface area contributed by atoms with Crippen molar-refractivity contribution < 1.29 is 9.22 Å². The second kappa shape index (κ2) is 5.25. The molecule has 19 heavy (non-hydrogen) atoms. The lowest BCUT2D eigenvalue weighted by molar-refractivity contribution is -0.138. The summed E-state index contributed by atoms with van der Waals surface area (Å²) in [4.78, 5) is 11.8. The third-order valence-electron chi connectivity index (χ3n) is 4.41. The summed E-state index contributed by atoms with van der Waals surface area (Å²) in [7, 11) is -1.85. The van der Waals surface area contributed by atoms with Crippen molar-refractivity contribution >= 4 is 14.2 Å². The molecule has 1 N–H and O–H groups in total. The maximum absolute atomic E-state index is 11.8. The number of hydrogen-bond donors (Lipinski definition) is 1. The zero-order valence-electron chi connectivity index (χ0n) is 13.0. The molecule has 0 aromatic heterocycles. The first-order chi connectivity index (χ1) is 8.51. The zero-order chi connectivity index (χ0) is 15.0. The molecule has 1 aliphatic rings. The Labute approximate surface area is 118 Å². The van der Waals surface area contributed by atoms with Gasteiger partial charge in [0.25, 0.3) is 0 Å². The minimum Gasteiger partial charge on any atom is -0.413 e. The van der Waals surface area contributed by atoms with E-state index in [-0.39, 0.29) is 29.0 Å². The fraction of sp³-hybridized carbons (Fsp3) is 0.667. The number of carbonyl (C=O) groups is 1. The van der Waals surface area contributed by atoms with E-state index in [1.165, 1.54) is 0 Å². The van der Waals surface area contributed by atoms with E-state index in [0.29, 0.717) is 0 Å². The molecule has 0 aromatic carbocycles. The summed E-state index contributed by atoms with van der Waals surface area (Å²) in [5.74, 6) is -0.0844. The molecule has 0 radical (unpaired) electrons. The topological polar surface area (TPSA) is 38.3 Å². The van der Waals surface area contributed by atoms with E-state index in [1.807, 2.05) is 6.92 Å². The molecule has 0 spiro atoms. The average Bonchev–Trinajstić information content (AvgIpc) is 2.22. The maximum Gasteiger partial charge on any atom is 0.228 e. The summed E-state index contributed by atoms with van der Waals surface area (Å²) in [6, 6.07) is -0.0234. The third kappa shape index (κ3) is 3.18. The van der Waals surface area contributed by atoms with E-state index in [9.17, 15) is 4.79 Å². The smallest absolute Gasteiger partial charge is 0.228 e. The molecular weight excluding hydrogens is 254 g/mol. The van der Waals surface area contributed by atoms with E-state index in [0.717, 1.165) is 5.57 Å². The summed E-state index contributed by atoms with van der Waals surface area (Å²) in [5.41, 5.74) is 0.857. The Morgan fingerprint density at radius 2 is 2.00 bits per heavy atom. The van der Waals surface area contributed by atoms with Crippen LogP contribution in [0.25, 0.3) is 0 Å². The Morgan fingerprint density at radius 1 is 1.47 bits per heavy atom. The van der Waals surface area contributed by atoms with Gasteiger partial charge >= 0.3 is 0 Å². The van der Waals surface area contributed by atoms with Crippen molar-refractivity contribution in [3.8, 4) is 0 Å². The molecule has 0 aromatic rings. The first-order valence-electron chi connectivity index (χ1n) is 6.80. The van der Waals surface area contributed by atoms with Crippen molar-refractivity contribution in [2.45, 2.75) is 58.0 Å². The third-order valence-corrected chi connectivity index (χ3v) is 8.99. The zero-order valence-corrected chi connectivity index (χ0v) is 14.0. The Bertz CT molecular complexity index is 395. The first-order valence-corrected chi connectivity index (χ1v) is 9.71. The summed E-state index contributed by atoms with van der Waals surface area (Å²) in [6.45, 7) is 20.7. The minimum atomic E-state index is -1.85. The van der Waals surface area contributed by atoms with E-state index in [2.05, 4.69) is 52.3 Å². The highest BCUT2D eigenvalue weighted by Gasteiger charge is 2.47. The Balaban J connectivity index is 2.78. The Morgan fingerprint density at radius 3 is 2.37 bits per heavy atom. The van der Waals surface area contributed by atoms with Gasteiger partial charge in [0, 0.05) is 0 Å². The van der Waals surface area contributed by atoms with Crippen LogP contribution in [0, 0.1) is 5.92 Å². The van der Waals surface area contributed by atoms with Crippen LogP contribution in [0.4, 0.5) is 0 Å². The van der Waals surface area contributed by atoms with Gasteiger partial charge in [0.2, 0.25) is 5.91 Å². The molecule has 4 heteroatoms. The molecule has 1 amide bonds. The molecule has 0 bridgehead atoms. The molecule has 0 aliphatic carbocycles. The number of nitrogens with one attached hydrogen (secondary N) is 1. The van der Waals surface area contributed by atoms with Crippen LogP contribution >= 0.6 is 0 Å². The SMILES string of the molecule is C=CC(=C)[C@H]1NC(=O)[C@@H]1[C@H](C)O[Si](C)(C)C(C)(C)C. The molecule has 3 atom stereocenters. The molecule has 1 heterocycles. The predicted molar refractivity (Wildman–Crippen MR) is 82.5 cm³/mol. The van der Waals surface area contributed by atoms with E-state index in [4.69, 9.17) is 4.43 Å². The summed E-state index contributed by atoms with van der Waals surface area (Å²) >= 11 is 0. The number of carbonyl (C=O) groups excluding carboxylic acids is 1. The van der Waals surface area contributed by atoms with Gasteiger partial charge in [0.1, 0.15) is 0 Å². The van der Waals surface area contributed by atoms with E-state index >= 15 is 0 Å². The van der Waals surface area contributed by atoms with Gasteiger partial charge in [0.05, 0.1) is 18.1 Å². The summed E-state index contributed by atoms with van der Waals surface area (Å²) < 4.78 is 6.30. The van der Waals surface area contributed by atoms with Crippen LogP contribution in [-0.4, -0.2) is 26.4 Å². The normalized spacial score (nSPS) is 25.3. The predicted octanol–water partition coefficient (Wildman–Crippen LogP) is 3.25. The molecule has 108 valence electrons. The van der Waals surface area contributed by atoms with Crippen LogP contribution in [0.1, 0.15) is 27.7 Å². The van der Waals surface area contributed by atoms with Crippen molar-refractivity contribution in [2.75, 3.05) is 0 Å². The van der Waals surface area contributed by atoms with Crippen LogP contribution in [0.2, 0.25) is 18.1 Å². The van der Waals surface area contributed by atoms with E-state index in [1.54, 1.807) is 6.08 Å².